The first-order valence-electron chi connectivity index (χ1n) is 5.00. The highest BCUT2D eigenvalue weighted by Crippen LogP contribution is 2.36. The fourth-order valence-electron chi connectivity index (χ4n) is 1.59. The molecule has 17 heavy (non-hydrogen) atoms. The summed E-state index contributed by atoms with van der Waals surface area (Å²) in [6.45, 7) is 0.604. The van der Waals surface area contributed by atoms with Gasteiger partial charge in [-0.2, -0.15) is 0 Å². The van der Waals surface area contributed by atoms with E-state index >= 15 is 0 Å². The van der Waals surface area contributed by atoms with E-state index < -0.39 is 11.9 Å². The quantitative estimate of drug-likeness (QED) is 0.805. The maximum Gasteiger partial charge on any atom is 0.339 e. The van der Waals surface area contributed by atoms with Crippen molar-refractivity contribution >= 4 is 11.9 Å². The second-order valence-electron chi connectivity index (χ2n) is 3.48. The summed E-state index contributed by atoms with van der Waals surface area (Å²) in [6.07, 6.45) is 0.576. The van der Waals surface area contributed by atoms with Gasteiger partial charge in [0.15, 0.2) is 11.5 Å². The molecule has 2 rings (SSSR count). The summed E-state index contributed by atoms with van der Waals surface area (Å²) in [5.74, 6) is -2.36. The molecule has 1 aliphatic rings. The molecule has 1 aromatic rings. The van der Waals surface area contributed by atoms with E-state index in [1.165, 1.54) is 12.1 Å². The fourth-order valence-corrected chi connectivity index (χ4v) is 1.59. The van der Waals surface area contributed by atoms with Gasteiger partial charge >= 0.3 is 11.9 Å². The van der Waals surface area contributed by atoms with E-state index in [0.29, 0.717) is 19.6 Å². The molecule has 2 N–H and O–H groups in total. The van der Waals surface area contributed by atoms with E-state index in [9.17, 15) is 9.59 Å². The number of carboxylic acids is 2. The first kappa shape index (κ1) is 11.3. The van der Waals surface area contributed by atoms with Crippen molar-refractivity contribution in [3.05, 3.63) is 23.3 Å². The van der Waals surface area contributed by atoms with Crippen LogP contribution in [-0.2, 0) is 0 Å². The van der Waals surface area contributed by atoms with Gasteiger partial charge in [0.1, 0.15) is 11.1 Å². The number of hydrogen-bond acceptors (Lipinski definition) is 4. The Kier molecular flexibility index (Phi) is 2.86. The molecule has 0 fully saturated rings. The number of hydrogen-bond donors (Lipinski definition) is 2. The van der Waals surface area contributed by atoms with E-state index in [-0.39, 0.29) is 22.6 Å². The molecule has 0 atom stereocenters. The predicted molar refractivity (Wildman–Crippen MR) is 56.0 cm³/mol. The van der Waals surface area contributed by atoms with Crippen LogP contribution in [-0.4, -0.2) is 35.4 Å². The number of carbonyl (C=O) groups is 2. The minimum Gasteiger partial charge on any atom is -0.489 e. The molecule has 0 aliphatic carbocycles. The molecule has 90 valence electrons. The van der Waals surface area contributed by atoms with Gasteiger partial charge in [-0.3, -0.25) is 0 Å². The van der Waals surface area contributed by atoms with Crippen LogP contribution in [0, 0.1) is 0 Å². The SMILES string of the molecule is O=C(O)c1ccc(C(=O)O)c2c1OCCCO2. The van der Waals surface area contributed by atoms with E-state index in [1.54, 1.807) is 0 Å². The molecule has 0 radical (unpaired) electrons. The van der Waals surface area contributed by atoms with Gasteiger partial charge in [-0.05, 0) is 12.1 Å². The van der Waals surface area contributed by atoms with Gasteiger partial charge < -0.3 is 19.7 Å². The van der Waals surface area contributed by atoms with Crippen molar-refractivity contribution in [2.45, 2.75) is 6.42 Å². The molecule has 0 saturated carbocycles. The molecule has 1 heterocycles. The summed E-state index contributed by atoms with van der Waals surface area (Å²) in [5.41, 5.74) is -0.182. The van der Waals surface area contributed by atoms with Crippen LogP contribution in [0.5, 0.6) is 11.5 Å². The van der Waals surface area contributed by atoms with E-state index in [0.717, 1.165) is 0 Å². The van der Waals surface area contributed by atoms with Crippen LogP contribution in [0.15, 0.2) is 12.1 Å². The molecule has 0 spiro atoms. The van der Waals surface area contributed by atoms with Gasteiger partial charge in [-0.25, -0.2) is 9.59 Å². The van der Waals surface area contributed by atoms with Gasteiger partial charge in [-0.1, -0.05) is 0 Å². The molecular weight excluding hydrogens is 228 g/mol. The Morgan fingerprint density at radius 2 is 1.35 bits per heavy atom. The van der Waals surface area contributed by atoms with Crippen molar-refractivity contribution in [2.75, 3.05) is 13.2 Å². The first-order valence-corrected chi connectivity index (χ1v) is 5.00. The van der Waals surface area contributed by atoms with Gasteiger partial charge in [0.2, 0.25) is 0 Å². The zero-order valence-electron chi connectivity index (χ0n) is 8.80. The number of ether oxygens (including phenoxy) is 2. The Morgan fingerprint density at radius 1 is 0.941 bits per heavy atom. The number of rotatable bonds is 2. The first-order chi connectivity index (χ1) is 8.11. The van der Waals surface area contributed by atoms with Crippen LogP contribution < -0.4 is 9.47 Å². The van der Waals surface area contributed by atoms with Crippen LogP contribution in [0.1, 0.15) is 27.1 Å². The molecular formula is C11H10O6. The number of aromatic carboxylic acids is 2. The average Bonchev–Trinajstić information content (AvgIpc) is 2.52. The molecule has 1 aromatic carbocycles. The lowest BCUT2D eigenvalue weighted by Crippen LogP contribution is -2.07. The summed E-state index contributed by atoms with van der Waals surface area (Å²) in [7, 11) is 0. The molecule has 6 heteroatoms. The van der Waals surface area contributed by atoms with Crippen molar-refractivity contribution in [1.82, 2.24) is 0 Å². The van der Waals surface area contributed by atoms with Crippen LogP contribution in [0.4, 0.5) is 0 Å². The van der Waals surface area contributed by atoms with Gasteiger partial charge in [0.25, 0.3) is 0 Å². The Labute approximate surface area is 96.4 Å². The predicted octanol–water partition coefficient (Wildman–Crippen LogP) is 1.24. The molecule has 0 unspecified atom stereocenters. The molecule has 0 amide bonds. The summed E-state index contributed by atoms with van der Waals surface area (Å²) >= 11 is 0. The van der Waals surface area contributed by atoms with Crippen LogP contribution in [0.3, 0.4) is 0 Å². The Morgan fingerprint density at radius 3 is 1.71 bits per heavy atom. The summed E-state index contributed by atoms with van der Waals surface area (Å²) in [6, 6.07) is 2.42. The standard InChI is InChI=1S/C11H10O6/c12-10(13)6-2-3-7(11(14)15)9-8(6)16-4-1-5-17-9/h2-3H,1,4-5H2,(H,12,13)(H,14,15). The van der Waals surface area contributed by atoms with E-state index in [4.69, 9.17) is 19.7 Å². The van der Waals surface area contributed by atoms with Crippen molar-refractivity contribution in [1.29, 1.82) is 0 Å². The lowest BCUT2D eigenvalue weighted by molar-refractivity contribution is 0.0674. The van der Waals surface area contributed by atoms with Gasteiger partial charge in [-0.15, -0.1) is 0 Å². The third-order valence-electron chi connectivity index (χ3n) is 2.35. The minimum atomic E-state index is -1.18. The largest absolute Gasteiger partial charge is 0.489 e. The van der Waals surface area contributed by atoms with Crippen LogP contribution in [0.25, 0.3) is 0 Å². The monoisotopic (exact) mass is 238 g/mol. The number of benzene rings is 1. The molecule has 6 nitrogen and oxygen atoms in total. The lowest BCUT2D eigenvalue weighted by Gasteiger charge is -2.12. The van der Waals surface area contributed by atoms with Gasteiger partial charge in [0.05, 0.1) is 13.2 Å². The highest BCUT2D eigenvalue weighted by atomic mass is 16.5. The van der Waals surface area contributed by atoms with Crippen molar-refractivity contribution < 1.29 is 29.3 Å². The third kappa shape index (κ3) is 2.01. The van der Waals surface area contributed by atoms with Crippen LogP contribution in [0.2, 0.25) is 0 Å². The third-order valence-corrected chi connectivity index (χ3v) is 2.35. The number of fused-ring (bicyclic) bond motifs is 1. The maximum atomic E-state index is 11.0. The zero-order chi connectivity index (χ0) is 12.4. The zero-order valence-corrected chi connectivity index (χ0v) is 8.80. The second kappa shape index (κ2) is 4.32. The summed E-state index contributed by atoms with van der Waals surface area (Å²) in [5, 5.41) is 18.0. The highest BCUT2D eigenvalue weighted by Gasteiger charge is 2.25. The molecule has 1 aliphatic heterocycles. The average molecular weight is 238 g/mol. The van der Waals surface area contributed by atoms with Crippen molar-refractivity contribution in [2.24, 2.45) is 0 Å². The Bertz CT molecular complexity index is 436. The Hall–Kier alpha value is -2.24. The highest BCUT2D eigenvalue weighted by molar-refractivity contribution is 5.98. The normalized spacial score (nSPS) is 13.9. The molecule has 0 bridgehead atoms. The summed E-state index contributed by atoms with van der Waals surface area (Å²) in [4.78, 5) is 22.0. The minimum absolute atomic E-state index is 0.00472. The topological polar surface area (TPSA) is 93.1 Å². The smallest absolute Gasteiger partial charge is 0.339 e. The van der Waals surface area contributed by atoms with Crippen molar-refractivity contribution in [3.8, 4) is 11.5 Å². The van der Waals surface area contributed by atoms with Crippen molar-refractivity contribution in [3.63, 3.8) is 0 Å². The van der Waals surface area contributed by atoms with E-state index in [2.05, 4.69) is 0 Å². The second-order valence-corrected chi connectivity index (χ2v) is 3.48. The molecule has 0 aromatic heterocycles. The fraction of sp³-hybridized carbons (Fsp3) is 0.273. The van der Waals surface area contributed by atoms with Crippen LogP contribution >= 0.6 is 0 Å². The number of carboxylic acid groups (broad SMARTS) is 2. The van der Waals surface area contributed by atoms with Gasteiger partial charge in [0, 0.05) is 6.42 Å². The summed E-state index contributed by atoms with van der Waals surface area (Å²) < 4.78 is 10.5. The lowest BCUT2D eigenvalue weighted by atomic mass is 10.1. The maximum absolute atomic E-state index is 11.0. The molecule has 0 saturated heterocycles. The Balaban J connectivity index is 2.62. The van der Waals surface area contributed by atoms with E-state index in [1.807, 2.05) is 0 Å².